The average molecular weight is 267 g/mol. The minimum atomic E-state index is 0.369. The molecule has 0 spiro atoms. The van der Waals surface area contributed by atoms with E-state index in [1.807, 2.05) is 0 Å². The van der Waals surface area contributed by atoms with Gasteiger partial charge in [0.2, 0.25) is 0 Å². The largest absolute Gasteiger partial charge is 0.301 e. The normalized spacial score (nSPS) is 22.1. The first-order chi connectivity index (χ1) is 9.55. The van der Waals surface area contributed by atoms with Crippen LogP contribution in [0.3, 0.4) is 0 Å². The number of nitrogens with zero attached hydrogens (tertiary/aromatic N) is 1. The minimum absolute atomic E-state index is 0.369. The number of rotatable bonds is 0. The molecule has 0 radical (unpaired) electrons. The first-order valence-electron chi connectivity index (χ1n) is 7.52. The fourth-order valence-corrected chi connectivity index (χ4v) is 3.70. The Morgan fingerprint density at radius 1 is 1.25 bits per heavy atom. The zero-order valence-corrected chi connectivity index (χ0v) is 12.3. The predicted octanol–water partition coefficient (Wildman–Crippen LogP) is 1.77. The molecule has 0 saturated heterocycles. The molecule has 4 rings (SSSR count). The molecule has 0 atom stereocenters. The van der Waals surface area contributed by atoms with Crippen molar-refractivity contribution in [1.29, 1.82) is 0 Å². The Bertz CT molecular complexity index is 740. The molecule has 0 aromatic carbocycles. The summed E-state index contributed by atoms with van der Waals surface area (Å²) in [6, 6.07) is 0. The van der Waals surface area contributed by atoms with E-state index in [0.29, 0.717) is 5.41 Å². The van der Waals surface area contributed by atoms with Gasteiger partial charge in [0.05, 0.1) is 16.7 Å². The van der Waals surface area contributed by atoms with E-state index in [4.69, 9.17) is 4.98 Å². The maximum atomic E-state index is 4.96. The van der Waals surface area contributed by atoms with E-state index in [0.717, 1.165) is 36.7 Å². The summed E-state index contributed by atoms with van der Waals surface area (Å²) in [5.41, 5.74) is 13.3. The van der Waals surface area contributed by atoms with E-state index in [1.165, 1.54) is 34.2 Å². The molecular formula is C17H21N3. The Labute approximate surface area is 119 Å². The van der Waals surface area contributed by atoms with Crippen molar-refractivity contribution in [3.63, 3.8) is 0 Å². The van der Waals surface area contributed by atoms with Gasteiger partial charge >= 0.3 is 0 Å². The molecule has 3 aliphatic rings. The Kier molecular flexibility index (Phi) is 2.33. The van der Waals surface area contributed by atoms with Crippen LogP contribution >= 0.6 is 0 Å². The Morgan fingerprint density at radius 2 is 2.10 bits per heavy atom. The van der Waals surface area contributed by atoms with Crippen LogP contribution in [-0.2, 0) is 12.8 Å². The quantitative estimate of drug-likeness (QED) is 0.752. The van der Waals surface area contributed by atoms with Gasteiger partial charge < -0.3 is 5.43 Å². The number of hydrogen-bond acceptors (Lipinski definition) is 3. The lowest BCUT2D eigenvalue weighted by Gasteiger charge is -2.34. The lowest BCUT2D eigenvalue weighted by atomic mass is 9.75. The second-order valence-corrected chi connectivity index (χ2v) is 6.96. The molecule has 0 saturated carbocycles. The van der Waals surface area contributed by atoms with Gasteiger partial charge in [0.1, 0.15) is 0 Å². The van der Waals surface area contributed by atoms with Crippen LogP contribution < -0.4 is 21.4 Å². The maximum absolute atomic E-state index is 4.96. The highest BCUT2D eigenvalue weighted by atomic mass is 15.4. The van der Waals surface area contributed by atoms with E-state index in [-0.39, 0.29) is 0 Å². The molecule has 1 aromatic rings. The van der Waals surface area contributed by atoms with Gasteiger partial charge in [-0.1, -0.05) is 26.5 Å². The van der Waals surface area contributed by atoms with Crippen LogP contribution in [0.5, 0.6) is 0 Å². The number of hydrazine groups is 1. The summed E-state index contributed by atoms with van der Waals surface area (Å²) in [7, 11) is 0. The van der Waals surface area contributed by atoms with Crippen LogP contribution in [0.2, 0.25) is 0 Å². The molecule has 2 heterocycles. The monoisotopic (exact) mass is 267 g/mol. The number of nitrogens with one attached hydrogen (secondary N) is 2. The van der Waals surface area contributed by atoms with Gasteiger partial charge in [-0.3, -0.25) is 10.4 Å². The Hall–Kier alpha value is -1.77. The fraction of sp³-hybridized carbons (Fsp3) is 0.471. The highest BCUT2D eigenvalue weighted by Gasteiger charge is 2.30. The molecule has 104 valence electrons. The summed E-state index contributed by atoms with van der Waals surface area (Å²) < 4.78 is 0. The third-order valence-electron chi connectivity index (χ3n) is 4.84. The highest BCUT2D eigenvalue weighted by molar-refractivity contribution is 5.74. The van der Waals surface area contributed by atoms with Gasteiger partial charge in [0.15, 0.2) is 0 Å². The van der Waals surface area contributed by atoms with Crippen LogP contribution in [0.25, 0.3) is 11.6 Å². The van der Waals surface area contributed by atoms with Crippen molar-refractivity contribution in [2.24, 2.45) is 5.41 Å². The zero-order chi connectivity index (χ0) is 13.9. The van der Waals surface area contributed by atoms with E-state index in [2.05, 4.69) is 37.4 Å². The number of hydrogen-bond donors (Lipinski definition) is 2. The van der Waals surface area contributed by atoms with Crippen LogP contribution in [0.4, 0.5) is 5.69 Å². The number of aryl methyl sites for hydroxylation is 1. The fourth-order valence-electron chi connectivity index (χ4n) is 3.70. The van der Waals surface area contributed by atoms with Crippen molar-refractivity contribution in [2.75, 3.05) is 5.43 Å². The van der Waals surface area contributed by atoms with Crippen molar-refractivity contribution < 1.29 is 0 Å². The number of aromatic nitrogens is 1. The van der Waals surface area contributed by atoms with E-state index in [1.54, 1.807) is 0 Å². The second kappa shape index (κ2) is 3.87. The van der Waals surface area contributed by atoms with Crippen molar-refractivity contribution in [3.05, 3.63) is 34.1 Å². The van der Waals surface area contributed by atoms with Crippen LogP contribution in [0, 0.1) is 5.41 Å². The number of pyridine rings is 1. The van der Waals surface area contributed by atoms with Gasteiger partial charge in [0.25, 0.3) is 0 Å². The molecule has 3 nitrogen and oxygen atoms in total. The lowest BCUT2D eigenvalue weighted by Crippen LogP contribution is -2.46. The van der Waals surface area contributed by atoms with Gasteiger partial charge in [-0.05, 0) is 48.7 Å². The predicted molar refractivity (Wildman–Crippen MR) is 82.3 cm³/mol. The third kappa shape index (κ3) is 1.62. The van der Waals surface area contributed by atoms with Crippen LogP contribution in [-0.4, -0.2) is 4.98 Å². The first kappa shape index (κ1) is 12.0. The summed E-state index contributed by atoms with van der Waals surface area (Å²) in [5, 5.41) is 2.46. The van der Waals surface area contributed by atoms with E-state index in [9.17, 15) is 0 Å². The molecule has 0 bridgehead atoms. The number of fused-ring (bicyclic) bond motifs is 2. The van der Waals surface area contributed by atoms with Crippen molar-refractivity contribution in [1.82, 2.24) is 10.4 Å². The smallest absolute Gasteiger partial charge is 0.0690 e. The van der Waals surface area contributed by atoms with Crippen molar-refractivity contribution in [3.8, 4) is 0 Å². The minimum Gasteiger partial charge on any atom is -0.301 e. The standard InChI is InChI=1S/C17H21N3/c1-10-11-5-4-6-14-15(11)16(20-19-10)12-9-17(2,3)8-7-13(12)18-14/h6,19-20H,1,4-5,7-9H2,2-3H3. The molecular weight excluding hydrogens is 246 g/mol. The molecule has 3 heteroatoms. The molecule has 2 N–H and O–H groups in total. The first-order valence-corrected chi connectivity index (χ1v) is 7.52. The molecule has 1 aromatic heterocycles. The SMILES string of the molecule is C=C1NNc2c3c(nc4c2=C1CCC=4)CCC(C)(C)C3. The maximum Gasteiger partial charge on any atom is 0.0690 e. The van der Waals surface area contributed by atoms with Gasteiger partial charge in [0, 0.05) is 10.9 Å². The summed E-state index contributed by atoms with van der Waals surface area (Å²) in [4.78, 5) is 4.96. The molecule has 0 fully saturated rings. The van der Waals surface area contributed by atoms with Crippen LogP contribution in [0.1, 0.15) is 44.4 Å². The number of allylic oxidation sites excluding steroid dienone is 1. The van der Waals surface area contributed by atoms with Gasteiger partial charge in [-0.25, -0.2) is 0 Å². The van der Waals surface area contributed by atoms with Crippen molar-refractivity contribution in [2.45, 2.75) is 46.0 Å². The summed E-state index contributed by atoms with van der Waals surface area (Å²) in [5.74, 6) is 0. The van der Waals surface area contributed by atoms with E-state index >= 15 is 0 Å². The molecule has 0 unspecified atom stereocenters. The summed E-state index contributed by atoms with van der Waals surface area (Å²) >= 11 is 0. The van der Waals surface area contributed by atoms with Crippen molar-refractivity contribution >= 4 is 17.3 Å². The highest BCUT2D eigenvalue weighted by Crippen LogP contribution is 2.36. The Balaban J connectivity index is 2.08. The second-order valence-electron chi connectivity index (χ2n) is 6.96. The molecule has 0 amide bonds. The lowest BCUT2D eigenvalue weighted by molar-refractivity contribution is 0.312. The third-order valence-corrected chi connectivity index (χ3v) is 4.84. The molecule has 20 heavy (non-hydrogen) atoms. The van der Waals surface area contributed by atoms with Gasteiger partial charge in [-0.2, -0.15) is 0 Å². The summed E-state index contributed by atoms with van der Waals surface area (Å²) in [6.45, 7) is 8.84. The van der Waals surface area contributed by atoms with Gasteiger partial charge in [-0.15, -0.1) is 0 Å². The van der Waals surface area contributed by atoms with Crippen LogP contribution in [0.15, 0.2) is 12.3 Å². The topological polar surface area (TPSA) is 37.0 Å². The molecule has 2 aliphatic carbocycles. The number of anilines is 1. The van der Waals surface area contributed by atoms with E-state index < -0.39 is 0 Å². The molecule has 1 aliphatic heterocycles. The average Bonchev–Trinajstić information content (AvgIpc) is 2.42. The summed E-state index contributed by atoms with van der Waals surface area (Å²) in [6.07, 6.45) is 7.84. The Morgan fingerprint density at radius 3 is 2.95 bits per heavy atom. The zero-order valence-electron chi connectivity index (χ0n) is 12.3.